The molecule has 1 aliphatic heterocycles. The van der Waals surface area contributed by atoms with E-state index in [2.05, 4.69) is 25.7 Å². The fraction of sp³-hybridized carbons (Fsp3) is 0.250. The highest BCUT2D eigenvalue weighted by Crippen LogP contribution is 2.18. The van der Waals surface area contributed by atoms with Crippen molar-refractivity contribution < 1.29 is 9.59 Å². The first-order valence-electron chi connectivity index (χ1n) is 6.11. The van der Waals surface area contributed by atoms with Crippen molar-refractivity contribution in [2.24, 2.45) is 5.92 Å². The highest BCUT2D eigenvalue weighted by Gasteiger charge is 2.29. The second-order valence-electron chi connectivity index (χ2n) is 4.45. The van der Waals surface area contributed by atoms with Crippen LogP contribution in [0, 0.1) is 5.92 Å². The molecule has 2 amide bonds. The van der Waals surface area contributed by atoms with Gasteiger partial charge < -0.3 is 5.32 Å². The zero-order valence-corrected chi connectivity index (χ0v) is 10.5. The van der Waals surface area contributed by atoms with Crippen molar-refractivity contribution in [1.82, 2.24) is 19.7 Å². The number of nitrogens with one attached hydrogen (secondary N) is 2. The maximum atomic E-state index is 11.9. The minimum atomic E-state index is -0.458. The van der Waals surface area contributed by atoms with E-state index in [0.29, 0.717) is 18.2 Å². The van der Waals surface area contributed by atoms with Crippen LogP contribution in [0.4, 0.5) is 11.6 Å². The number of hydrogen-bond donors (Lipinski definition) is 2. The van der Waals surface area contributed by atoms with Gasteiger partial charge in [-0.25, -0.2) is 4.68 Å². The lowest BCUT2D eigenvalue weighted by molar-refractivity contribution is -0.125. The summed E-state index contributed by atoms with van der Waals surface area (Å²) in [5, 5.41) is 9.30. The van der Waals surface area contributed by atoms with Crippen LogP contribution in [0.25, 0.3) is 0 Å². The highest BCUT2D eigenvalue weighted by atomic mass is 16.2. The molecule has 2 N–H and O–H groups in total. The zero-order chi connectivity index (χ0) is 13.9. The summed E-state index contributed by atoms with van der Waals surface area (Å²) >= 11 is 0. The Morgan fingerprint density at radius 1 is 1.55 bits per heavy atom. The number of pyridine rings is 1. The van der Waals surface area contributed by atoms with Crippen molar-refractivity contribution in [2.75, 3.05) is 10.6 Å². The Hall–Kier alpha value is -2.77. The molecule has 2 aromatic heterocycles. The van der Waals surface area contributed by atoms with Gasteiger partial charge in [0, 0.05) is 12.6 Å². The summed E-state index contributed by atoms with van der Waals surface area (Å²) in [7, 11) is 0. The zero-order valence-electron chi connectivity index (χ0n) is 10.5. The lowest BCUT2D eigenvalue weighted by Gasteiger charge is -2.21. The number of amides is 2. The van der Waals surface area contributed by atoms with E-state index in [9.17, 15) is 9.59 Å². The van der Waals surface area contributed by atoms with Crippen LogP contribution >= 0.6 is 0 Å². The largest absolute Gasteiger partial charge is 0.325 e. The Bertz CT molecular complexity index is 638. The first kappa shape index (κ1) is 12.3. The van der Waals surface area contributed by atoms with Gasteiger partial charge in [-0.3, -0.25) is 19.9 Å². The minimum Gasteiger partial charge on any atom is -0.325 e. The van der Waals surface area contributed by atoms with Crippen LogP contribution in [0.3, 0.4) is 0 Å². The molecule has 0 saturated carbocycles. The molecule has 1 aliphatic rings. The van der Waals surface area contributed by atoms with Gasteiger partial charge in [-0.1, -0.05) is 0 Å². The number of fused-ring (bicyclic) bond motifs is 1. The molecule has 1 unspecified atom stereocenters. The molecule has 2 aromatic rings. The number of nitrogens with zero attached hydrogens (tertiary/aromatic N) is 4. The van der Waals surface area contributed by atoms with E-state index >= 15 is 0 Å². The molecule has 0 saturated heterocycles. The molecule has 0 radical (unpaired) electrons. The molecular formula is C12H12N6O2. The first-order valence-corrected chi connectivity index (χ1v) is 6.11. The van der Waals surface area contributed by atoms with Gasteiger partial charge in [0.05, 0.1) is 24.3 Å². The van der Waals surface area contributed by atoms with Crippen LogP contribution in [-0.2, 0) is 16.1 Å². The number of carbonyl (C=O) groups is 2. The lowest BCUT2D eigenvalue weighted by atomic mass is 10.0. The topological polar surface area (TPSA) is 102 Å². The predicted octanol–water partition coefficient (Wildman–Crippen LogP) is 0.270. The number of rotatable bonds is 3. The van der Waals surface area contributed by atoms with Crippen molar-refractivity contribution in [3.8, 4) is 0 Å². The second kappa shape index (κ2) is 5.08. The standard InChI is InChI=1S/C12H12N6O2/c19-10(16-9-2-1-3-13-5-9)4-8-6-18-12(14-7-15-18)17-11(8)20/h1-3,5,7-8H,4,6H2,(H,16,19)(H,14,15,17,20). The molecule has 1 atom stereocenters. The quantitative estimate of drug-likeness (QED) is 0.835. The van der Waals surface area contributed by atoms with Crippen LogP contribution in [-0.4, -0.2) is 31.6 Å². The lowest BCUT2D eigenvalue weighted by Crippen LogP contribution is -2.36. The summed E-state index contributed by atoms with van der Waals surface area (Å²) in [6.07, 6.45) is 4.62. The number of hydrogen-bond acceptors (Lipinski definition) is 5. The molecule has 8 heteroatoms. The molecule has 20 heavy (non-hydrogen) atoms. The van der Waals surface area contributed by atoms with Crippen molar-refractivity contribution in [2.45, 2.75) is 13.0 Å². The summed E-state index contributed by atoms with van der Waals surface area (Å²) in [4.78, 5) is 31.6. The SMILES string of the molecule is O=C(CC1Cn2ncnc2NC1=O)Nc1cccnc1. The minimum absolute atomic E-state index is 0.0834. The summed E-state index contributed by atoms with van der Waals surface area (Å²) in [6, 6.07) is 3.46. The number of aromatic nitrogens is 4. The number of carbonyl (C=O) groups excluding carboxylic acids is 2. The van der Waals surface area contributed by atoms with Crippen LogP contribution in [0.2, 0.25) is 0 Å². The Morgan fingerprint density at radius 2 is 2.45 bits per heavy atom. The van der Waals surface area contributed by atoms with Crippen LogP contribution < -0.4 is 10.6 Å². The first-order chi connectivity index (χ1) is 9.72. The summed E-state index contributed by atoms with van der Waals surface area (Å²) < 4.78 is 1.57. The van der Waals surface area contributed by atoms with Gasteiger partial charge in [0.2, 0.25) is 17.8 Å². The third-order valence-electron chi connectivity index (χ3n) is 2.99. The molecule has 3 heterocycles. The normalized spacial score (nSPS) is 17.2. The summed E-state index contributed by atoms with van der Waals surface area (Å²) in [5.41, 5.74) is 0.607. The Morgan fingerprint density at radius 3 is 3.25 bits per heavy atom. The fourth-order valence-electron chi connectivity index (χ4n) is 2.03. The number of anilines is 2. The molecule has 0 bridgehead atoms. The van der Waals surface area contributed by atoms with Gasteiger partial charge in [-0.15, -0.1) is 0 Å². The summed E-state index contributed by atoms with van der Waals surface area (Å²) in [6.45, 7) is 0.349. The molecule has 0 fully saturated rings. The van der Waals surface area contributed by atoms with E-state index in [1.54, 1.807) is 29.2 Å². The Kier molecular flexibility index (Phi) is 3.12. The van der Waals surface area contributed by atoms with E-state index in [4.69, 9.17) is 0 Å². The molecule has 3 rings (SSSR count). The van der Waals surface area contributed by atoms with Crippen LogP contribution in [0.15, 0.2) is 30.9 Å². The summed E-state index contributed by atoms with van der Waals surface area (Å²) in [5.74, 6) is -0.492. The fourth-order valence-corrected chi connectivity index (χ4v) is 2.03. The van der Waals surface area contributed by atoms with E-state index in [1.165, 1.54) is 6.33 Å². The van der Waals surface area contributed by atoms with Gasteiger partial charge in [0.15, 0.2) is 0 Å². The molecule has 102 valence electrons. The molecular weight excluding hydrogens is 260 g/mol. The van der Waals surface area contributed by atoms with E-state index in [-0.39, 0.29) is 18.2 Å². The average molecular weight is 272 g/mol. The van der Waals surface area contributed by atoms with Crippen LogP contribution in [0.5, 0.6) is 0 Å². The molecule has 0 aliphatic carbocycles. The molecule has 0 aromatic carbocycles. The van der Waals surface area contributed by atoms with Gasteiger partial charge in [-0.2, -0.15) is 10.1 Å². The van der Waals surface area contributed by atoms with Crippen molar-refractivity contribution >= 4 is 23.5 Å². The predicted molar refractivity (Wildman–Crippen MR) is 69.6 cm³/mol. The van der Waals surface area contributed by atoms with Crippen LogP contribution in [0.1, 0.15) is 6.42 Å². The van der Waals surface area contributed by atoms with Crippen molar-refractivity contribution in [3.63, 3.8) is 0 Å². The van der Waals surface area contributed by atoms with E-state index < -0.39 is 5.92 Å². The monoisotopic (exact) mass is 272 g/mol. The maximum Gasteiger partial charge on any atom is 0.232 e. The Balaban J connectivity index is 1.63. The average Bonchev–Trinajstić information content (AvgIpc) is 2.87. The van der Waals surface area contributed by atoms with Gasteiger partial charge in [-0.05, 0) is 12.1 Å². The van der Waals surface area contributed by atoms with Gasteiger partial charge in [0.1, 0.15) is 6.33 Å². The van der Waals surface area contributed by atoms with E-state index in [1.807, 2.05) is 0 Å². The molecule has 0 spiro atoms. The Labute approximate surface area is 114 Å². The maximum absolute atomic E-state index is 11.9. The van der Waals surface area contributed by atoms with Gasteiger partial charge in [0.25, 0.3) is 0 Å². The third-order valence-corrected chi connectivity index (χ3v) is 2.99. The smallest absolute Gasteiger partial charge is 0.232 e. The van der Waals surface area contributed by atoms with Crippen molar-refractivity contribution in [3.05, 3.63) is 30.9 Å². The third kappa shape index (κ3) is 2.48. The van der Waals surface area contributed by atoms with E-state index in [0.717, 1.165) is 0 Å². The second-order valence-corrected chi connectivity index (χ2v) is 4.45. The van der Waals surface area contributed by atoms with Gasteiger partial charge >= 0.3 is 0 Å². The van der Waals surface area contributed by atoms with Crippen molar-refractivity contribution in [1.29, 1.82) is 0 Å². The highest BCUT2D eigenvalue weighted by molar-refractivity contribution is 5.98. The molecule has 8 nitrogen and oxygen atoms in total.